The number of nitrogens with one attached hydrogen (secondary N) is 1. The Kier molecular flexibility index (Phi) is 7.43. The van der Waals surface area contributed by atoms with Crippen molar-refractivity contribution in [1.82, 2.24) is 0 Å². The van der Waals surface area contributed by atoms with E-state index >= 15 is 0 Å². The smallest absolute Gasteiger partial charge is 0.306 e. The first kappa shape index (κ1) is 20.5. The molecule has 0 aliphatic rings. The summed E-state index contributed by atoms with van der Waals surface area (Å²) in [7, 11) is 3.07. The first-order valence-electron chi connectivity index (χ1n) is 8.04. The van der Waals surface area contributed by atoms with Crippen molar-refractivity contribution in [2.24, 2.45) is 0 Å². The lowest BCUT2D eigenvalue weighted by molar-refractivity contribution is -0.147. The lowest BCUT2D eigenvalue weighted by Crippen LogP contribution is -2.21. The number of halogens is 2. The lowest BCUT2D eigenvalue weighted by atomic mass is 10.1. The minimum absolute atomic E-state index is 0.102. The summed E-state index contributed by atoms with van der Waals surface area (Å²) in [5.41, 5.74) is 1.18. The number of ether oxygens (including phenoxy) is 3. The minimum Gasteiger partial charge on any atom is -0.493 e. The lowest BCUT2D eigenvalue weighted by Gasteiger charge is -2.10. The van der Waals surface area contributed by atoms with E-state index in [4.69, 9.17) is 25.8 Å². The van der Waals surface area contributed by atoms with Gasteiger partial charge >= 0.3 is 5.97 Å². The zero-order valence-corrected chi connectivity index (χ0v) is 15.6. The van der Waals surface area contributed by atoms with Gasteiger partial charge in [0, 0.05) is 12.1 Å². The van der Waals surface area contributed by atoms with Crippen molar-refractivity contribution < 1.29 is 28.2 Å². The van der Waals surface area contributed by atoms with Crippen molar-refractivity contribution in [3.63, 3.8) is 0 Å². The van der Waals surface area contributed by atoms with Gasteiger partial charge in [-0.05, 0) is 42.3 Å². The molecular formula is C19H19ClFNO5. The normalized spacial score (nSPS) is 10.2. The number of hydrogen-bond acceptors (Lipinski definition) is 5. The average molecular weight is 396 g/mol. The van der Waals surface area contributed by atoms with Crippen molar-refractivity contribution in [2.75, 3.05) is 26.1 Å². The molecule has 0 fully saturated rings. The van der Waals surface area contributed by atoms with Gasteiger partial charge in [-0.25, -0.2) is 4.39 Å². The first-order chi connectivity index (χ1) is 12.9. The summed E-state index contributed by atoms with van der Waals surface area (Å²) >= 11 is 5.64. The molecule has 2 aromatic carbocycles. The summed E-state index contributed by atoms with van der Waals surface area (Å²) in [6, 6.07) is 9.11. The van der Waals surface area contributed by atoms with Crippen molar-refractivity contribution in [1.29, 1.82) is 0 Å². The van der Waals surface area contributed by atoms with Crippen LogP contribution in [-0.4, -0.2) is 32.7 Å². The van der Waals surface area contributed by atoms with Crippen LogP contribution in [-0.2, 0) is 20.7 Å². The number of methoxy groups -OCH3 is 2. The minimum atomic E-state index is -0.587. The number of amides is 1. The second-order valence-corrected chi connectivity index (χ2v) is 5.93. The van der Waals surface area contributed by atoms with E-state index in [1.807, 2.05) is 6.07 Å². The molecule has 8 heteroatoms. The second kappa shape index (κ2) is 9.78. The quantitative estimate of drug-likeness (QED) is 0.691. The van der Waals surface area contributed by atoms with Gasteiger partial charge in [-0.1, -0.05) is 17.7 Å². The van der Waals surface area contributed by atoms with Crippen LogP contribution in [0.15, 0.2) is 36.4 Å². The third kappa shape index (κ3) is 6.14. The Morgan fingerprint density at radius 2 is 1.81 bits per heavy atom. The Hall–Kier alpha value is -2.80. The number of rotatable bonds is 8. The highest BCUT2D eigenvalue weighted by atomic mass is 35.5. The summed E-state index contributed by atoms with van der Waals surface area (Å²) in [5, 5.41) is 2.36. The fourth-order valence-corrected chi connectivity index (χ4v) is 2.45. The summed E-state index contributed by atoms with van der Waals surface area (Å²) < 4.78 is 28.4. The van der Waals surface area contributed by atoms with Gasteiger partial charge in [-0.3, -0.25) is 9.59 Å². The molecule has 0 aliphatic carbocycles. The highest BCUT2D eigenvalue weighted by molar-refractivity contribution is 6.31. The number of hydrogen-bond donors (Lipinski definition) is 1. The van der Waals surface area contributed by atoms with E-state index in [0.29, 0.717) is 23.6 Å². The monoisotopic (exact) mass is 395 g/mol. The van der Waals surface area contributed by atoms with Gasteiger partial charge in [-0.2, -0.15) is 0 Å². The van der Waals surface area contributed by atoms with Gasteiger partial charge in [0.15, 0.2) is 18.1 Å². The highest BCUT2D eigenvalue weighted by Gasteiger charge is 2.11. The molecule has 0 bridgehead atoms. The van der Waals surface area contributed by atoms with E-state index in [0.717, 1.165) is 11.6 Å². The maximum absolute atomic E-state index is 13.1. The second-order valence-electron chi connectivity index (χ2n) is 5.53. The topological polar surface area (TPSA) is 73.9 Å². The molecule has 2 rings (SSSR count). The third-order valence-electron chi connectivity index (χ3n) is 3.63. The van der Waals surface area contributed by atoms with E-state index in [1.165, 1.54) is 19.2 Å². The highest BCUT2D eigenvalue weighted by Crippen LogP contribution is 2.28. The molecule has 0 saturated heterocycles. The van der Waals surface area contributed by atoms with Crippen molar-refractivity contribution in [3.05, 3.63) is 52.8 Å². The van der Waals surface area contributed by atoms with Crippen LogP contribution in [0.3, 0.4) is 0 Å². The molecule has 144 valence electrons. The molecule has 27 heavy (non-hydrogen) atoms. The molecule has 6 nitrogen and oxygen atoms in total. The molecule has 0 atom stereocenters. The Labute approximate surface area is 161 Å². The molecule has 1 N–H and O–H groups in total. The van der Waals surface area contributed by atoms with Crippen LogP contribution in [0.1, 0.15) is 12.0 Å². The standard InChI is InChI=1S/C19H19ClFNO5/c1-25-16-7-3-12(9-17(16)26-2)4-8-19(24)27-11-18(23)22-13-5-6-15(21)14(20)10-13/h3,5-7,9-10H,4,8,11H2,1-2H3,(H,22,23). The van der Waals surface area contributed by atoms with E-state index < -0.39 is 24.3 Å². The van der Waals surface area contributed by atoms with E-state index in [9.17, 15) is 14.0 Å². The van der Waals surface area contributed by atoms with Crippen LogP contribution in [0.4, 0.5) is 10.1 Å². The van der Waals surface area contributed by atoms with Crippen LogP contribution in [0.5, 0.6) is 11.5 Å². The molecule has 0 heterocycles. The SMILES string of the molecule is COc1ccc(CCC(=O)OCC(=O)Nc2ccc(F)c(Cl)c2)cc1OC. The Bertz CT molecular complexity index is 828. The number of carbonyl (C=O) groups is 2. The Morgan fingerprint density at radius 3 is 2.48 bits per heavy atom. The third-order valence-corrected chi connectivity index (χ3v) is 3.92. The van der Waals surface area contributed by atoms with Gasteiger partial charge in [0.05, 0.1) is 19.2 Å². The van der Waals surface area contributed by atoms with Crippen LogP contribution in [0, 0.1) is 5.82 Å². The maximum atomic E-state index is 13.1. The fourth-order valence-electron chi connectivity index (χ4n) is 2.27. The summed E-state index contributed by atoms with van der Waals surface area (Å²) in [5.74, 6) is -0.479. The van der Waals surface area contributed by atoms with Crippen LogP contribution in [0.2, 0.25) is 5.02 Å². The molecule has 0 saturated carbocycles. The number of anilines is 1. The van der Waals surface area contributed by atoms with Gasteiger partial charge in [0.1, 0.15) is 5.82 Å². The summed E-state index contributed by atoms with van der Waals surface area (Å²) in [6.07, 6.45) is 0.527. The zero-order chi connectivity index (χ0) is 19.8. The van der Waals surface area contributed by atoms with Gasteiger partial charge in [0.25, 0.3) is 5.91 Å². The maximum Gasteiger partial charge on any atom is 0.306 e. The van der Waals surface area contributed by atoms with Crippen molar-refractivity contribution >= 4 is 29.2 Å². The Morgan fingerprint density at radius 1 is 1.07 bits per heavy atom. The predicted octanol–water partition coefficient (Wildman–Crippen LogP) is 3.61. The van der Waals surface area contributed by atoms with Gasteiger partial charge < -0.3 is 19.5 Å². The van der Waals surface area contributed by atoms with E-state index in [1.54, 1.807) is 19.2 Å². The first-order valence-corrected chi connectivity index (χ1v) is 8.42. The molecule has 0 spiro atoms. The molecule has 2 aromatic rings. The number of benzene rings is 2. The van der Waals surface area contributed by atoms with E-state index in [2.05, 4.69) is 5.32 Å². The molecule has 0 aromatic heterocycles. The number of carbonyl (C=O) groups excluding carboxylic acids is 2. The summed E-state index contributed by atoms with van der Waals surface area (Å²) in [6.45, 7) is -0.445. The number of aryl methyl sites for hydroxylation is 1. The van der Waals surface area contributed by atoms with Gasteiger partial charge in [-0.15, -0.1) is 0 Å². The van der Waals surface area contributed by atoms with Crippen LogP contribution < -0.4 is 14.8 Å². The van der Waals surface area contributed by atoms with Gasteiger partial charge in [0.2, 0.25) is 0 Å². The van der Waals surface area contributed by atoms with Crippen LogP contribution in [0.25, 0.3) is 0 Å². The number of esters is 1. The molecule has 0 unspecified atom stereocenters. The average Bonchev–Trinajstić information content (AvgIpc) is 2.67. The van der Waals surface area contributed by atoms with Crippen molar-refractivity contribution in [2.45, 2.75) is 12.8 Å². The molecule has 1 amide bonds. The molecule has 0 aliphatic heterocycles. The molecular weight excluding hydrogens is 377 g/mol. The largest absolute Gasteiger partial charge is 0.493 e. The fraction of sp³-hybridized carbons (Fsp3) is 0.263. The zero-order valence-electron chi connectivity index (χ0n) is 14.9. The predicted molar refractivity (Wildman–Crippen MR) is 98.9 cm³/mol. The van der Waals surface area contributed by atoms with Crippen LogP contribution >= 0.6 is 11.6 Å². The summed E-state index contributed by atoms with van der Waals surface area (Å²) in [4.78, 5) is 23.6. The molecule has 0 radical (unpaired) electrons. The van der Waals surface area contributed by atoms with Crippen molar-refractivity contribution in [3.8, 4) is 11.5 Å². The Balaban J connectivity index is 1.78. The van der Waals surface area contributed by atoms with E-state index in [-0.39, 0.29) is 11.4 Å².